The molecule has 0 unspecified atom stereocenters. The zero-order chi connectivity index (χ0) is 25.7. The third kappa shape index (κ3) is 5.01. The van der Waals surface area contributed by atoms with Gasteiger partial charge in [-0.1, -0.05) is 18.2 Å². The van der Waals surface area contributed by atoms with Gasteiger partial charge >= 0.3 is 0 Å². The Morgan fingerprint density at radius 2 is 1.69 bits per heavy atom. The highest BCUT2D eigenvalue weighted by Gasteiger charge is 2.24. The zero-order valence-corrected chi connectivity index (χ0v) is 21.0. The van der Waals surface area contributed by atoms with Crippen molar-refractivity contribution in [3.8, 4) is 17.2 Å². The standard InChI is InChI=1S/C27H31N3O6/c1-5-29-17-19(20-8-6-7-9-22(20)29)14-21(27(32)30-10-12-36-13-11-30)28-26(31)18-15-23(33-2)25(35-4)24(16-18)34-3/h6-9,14-17H,5,10-13H2,1-4H3,(H,28,31)/b21-14-. The molecule has 0 atom stereocenters. The number of hydrogen-bond donors (Lipinski definition) is 1. The highest BCUT2D eigenvalue weighted by Crippen LogP contribution is 2.38. The van der Waals surface area contributed by atoms with Crippen molar-refractivity contribution in [3.05, 3.63) is 59.4 Å². The Balaban J connectivity index is 1.75. The van der Waals surface area contributed by atoms with Gasteiger partial charge in [0.05, 0.1) is 34.5 Å². The topological polar surface area (TPSA) is 91.3 Å². The Morgan fingerprint density at radius 1 is 1.03 bits per heavy atom. The Labute approximate surface area is 210 Å². The molecule has 9 heteroatoms. The van der Waals surface area contributed by atoms with Gasteiger partial charge in [0, 0.05) is 47.9 Å². The SMILES string of the molecule is CCn1cc(/C=C(\NC(=O)c2cc(OC)c(OC)c(OC)c2)C(=O)N2CCOCC2)c2ccccc21. The number of carbonyl (C=O) groups excluding carboxylic acids is 2. The van der Waals surface area contributed by atoms with Gasteiger partial charge in [0.15, 0.2) is 11.5 Å². The monoisotopic (exact) mass is 493 g/mol. The van der Waals surface area contributed by atoms with Crippen molar-refractivity contribution >= 4 is 28.8 Å². The number of aromatic nitrogens is 1. The van der Waals surface area contributed by atoms with E-state index in [-0.39, 0.29) is 17.2 Å². The van der Waals surface area contributed by atoms with Crippen LogP contribution in [0.3, 0.4) is 0 Å². The van der Waals surface area contributed by atoms with Crippen LogP contribution in [0.4, 0.5) is 0 Å². The quantitative estimate of drug-likeness (QED) is 0.484. The first-order valence-corrected chi connectivity index (χ1v) is 11.8. The number of benzene rings is 2. The second kappa shape index (κ2) is 11.2. The van der Waals surface area contributed by atoms with Gasteiger partial charge in [0.2, 0.25) is 5.75 Å². The largest absolute Gasteiger partial charge is 0.493 e. The molecule has 2 amide bonds. The average molecular weight is 494 g/mol. The summed E-state index contributed by atoms with van der Waals surface area (Å²) in [7, 11) is 4.46. The van der Waals surface area contributed by atoms with E-state index >= 15 is 0 Å². The number of amides is 2. The number of fused-ring (bicyclic) bond motifs is 1. The number of morpholine rings is 1. The normalized spacial score (nSPS) is 14.0. The van der Waals surface area contributed by atoms with Crippen LogP contribution < -0.4 is 19.5 Å². The van der Waals surface area contributed by atoms with Crippen LogP contribution in [0.25, 0.3) is 17.0 Å². The molecule has 1 aliphatic rings. The highest BCUT2D eigenvalue weighted by molar-refractivity contribution is 6.07. The maximum absolute atomic E-state index is 13.5. The molecule has 0 spiro atoms. The first-order chi connectivity index (χ1) is 17.5. The molecule has 3 aromatic rings. The first kappa shape index (κ1) is 25.1. The molecule has 1 aromatic heterocycles. The van der Waals surface area contributed by atoms with E-state index in [1.54, 1.807) is 23.1 Å². The molecular weight excluding hydrogens is 462 g/mol. The van der Waals surface area contributed by atoms with E-state index in [9.17, 15) is 9.59 Å². The summed E-state index contributed by atoms with van der Waals surface area (Å²) in [6.45, 7) is 4.65. The molecule has 1 fully saturated rings. The number of methoxy groups -OCH3 is 3. The van der Waals surface area contributed by atoms with Gasteiger partial charge in [-0.2, -0.15) is 0 Å². The number of rotatable bonds is 8. The van der Waals surface area contributed by atoms with E-state index in [1.165, 1.54) is 21.3 Å². The molecule has 2 heterocycles. The molecule has 190 valence electrons. The number of para-hydroxylation sites is 1. The van der Waals surface area contributed by atoms with E-state index in [4.69, 9.17) is 18.9 Å². The third-order valence-electron chi connectivity index (χ3n) is 6.16. The predicted molar refractivity (Wildman–Crippen MR) is 137 cm³/mol. The molecule has 4 rings (SSSR count). The van der Waals surface area contributed by atoms with E-state index in [0.717, 1.165) is 23.0 Å². The van der Waals surface area contributed by atoms with Gasteiger partial charge in [0.25, 0.3) is 11.8 Å². The fourth-order valence-corrected chi connectivity index (χ4v) is 4.30. The lowest BCUT2D eigenvalue weighted by molar-refractivity contribution is -0.131. The van der Waals surface area contributed by atoms with E-state index in [1.807, 2.05) is 30.5 Å². The summed E-state index contributed by atoms with van der Waals surface area (Å²) >= 11 is 0. The lowest BCUT2D eigenvalue weighted by Crippen LogP contribution is -2.44. The lowest BCUT2D eigenvalue weighted by Gasteiger charge is -2.28. The maximum Gasteiger partial charge on any atom is 0.270 e. The molecule has 36 heavy (non-hydrogen) atoms. The molecule has 1 saturated heterocycles. The molecular formula is C27H31N3O6. The molecule has 0 aliphatic carbocycles. The second-order valence-corrected chi connectivity index (χ2v) is 8.22. The van der Waals surface area contributed by atoms with Crippen LogP contribution in [0, 0.1) is 0 Å². The van der Waals surface area contributed by atoms with Crippen LogP contribution >= 0.6 is 0 Å². The minimum absolute atomic E-state index is 0.176. The summed E-state index contributed by atoms with van der Waals surface area (Å²) in [5, 5.41) is 3.83. The smallest absolute Gasteiger partial charge is 0.270 e. The summed E-state index contributed by atoms with van der Waals surface area (Å²) in [5.41, 5.74) is 2.34. The molecule has 0 bridgehead atoms. The van der Waals surface area contributed by atoms with E-state index in [2.05, 4.69) is 16.8 Å². The van der Waals surface area contributed by atoms with Crippen LogP contribution in [0.2, 0.25) is 0 Å². The van der Waals surface area contributed by atoms with Crippen molar-refractivity contribution in [3.63, 3.8) is 0 Å². The van der Waals surface area contributed by atoms with Gasteiger partial charge in [0.1, 0.15) is 5.70 Å². The Morgan fingerprint density at radius 3 is 2.31 bits per heavy atom. The fraction of sp³-hybridized carbons (Fsp3) is 0.333. The molecule has 2 aromatic carbocycles. The number of hydrogen-bond acceptors (Lipinski definition) is 6. The Hall–Kier alpha value is -3.98. The maximum atomic E-state index is 13.5. The van der Waals surface area contributed by atoms with Gasteiger partial charge in [-0.25, -0.2) is 0 Å². The summed E-state index contributed by atoms with van der Waals surface area (Å²) in [5.74, 6) is 0.328. The minimum atomic E-state index is -0.471. The summed E-state index contributed by atoms with van der Waals surface area (Å²) < 4.78 is 23.6. The molecule has 1 N–H and O–H groups in total. The summed E-state index contributed by atoms with van der Waals surface area (Å²) in [4.78, 5) is 28.6. The number of carbonyl (C=O) groups is 2. The van der Waals surface area contributed by atoms with Gasteiger partial charge in [-0.15, -0.1) is 0 Å². The fourth-order valence-electron chi connectivity index (χ4n) is 4.30. The minimum Gasteiger partial charge on any atom is -0.493 e. The third-order valence-corrected chi connectivity index (χ3v) is 6.16. The molecule has 9 nitrogen and oxygen atoms in total. The van der Waals surface area contributed by atoms with Crippen molar-refractivity contribution < 1.29 is 28.5 Å². The lowest BCUT2D eigenvalue weighted by atomic mass is 10.1. The summed E-state index contributed by atoms with van der Waals surface area (Å²) in [6, 6.07) is 11.1. The van der Waals surface area contributed by atoms with Gasteiger partial charge in [-0.3, -0.25) is 9.59 Å². The van der Waals surface area contributed by atoms with Crippen molar-refractivity contribution in [2.45, 2.75) is 13.5 Å². The highest BCUT2D eigenvalue weighted by atomic mass is 16.5. The van der Waals surface area contributed by atoms with Crippen molar-refractivity contribution in [2.75, 3.05) is 47.6 Å². The number of nitrogens with zero attached hydrogens (tertiary/aromatic N) is 2. The van der Waals surface area contributed by atoms with E-state index in [0.29, 0.717) is 43.6 Å². The second-order valence-electron chi connectivity index (χ2n) is 8.22. The number of nitrogens with one attached hydrogen (secondary N) is 1. The van der Waals surface area contributed by atoms with Crippen LogP contribution in [-0.2, 0) is 16.1 Å². The van der Waals surface area contributed by atoms with Crippen LogP contribution in [0.15, 0.2) is 48.3 Å². The van der Waals surface area contributed by atoms with Crippen molar-refractivity contribution in [1.29, 1.82) is 0 Å². The van der Waals surface area contributed by atoms with Gasteiger partial charge < -0.3 is 33.7 Å². The molecule has 1 aliphatic heterocycles. The van der Waals surface area contributed by atoms with Crippen LogP contribution in [0.5, 0.6) is 17.2 Å². The summed E-state index contributed by atoms with van der Waals surface area (Å²) in [6.07, 6.45) is 3.73. The van der Waals surface area contributed by atoms with Crippen LogP contribution in [0.1, 0.15) is 22.8 Å². The number of aryl methyl sites for hydroxylation is 1. The number of ether oxygens (including phenoxy) is 4. The molecule has 0 radical (unpaired) electrons. The van der Waals surface area contributed by atoms with Gasteiger partial charge in [-0.05, 0) is 31.2 Å². The molecule has 0 saturated carbocycles. The van der Waals surface area contributed by atoms with Crippen molar-refractivity contribution in [1.82, 2.24) is 14.8 Å². The average Bonchev–Trinajstić information content (AvgIpc) is 3.29. The predicted octanol–water partition coefficient (Wildman–Crippen LogP) is 3.32. The Bertz CT molecular complexity index is 1260. The van der Waals surface area contributed by atoms with E-state index < -0.39 is 5.91 Å². The first-order valence-electron chi connectivity index (χ1n) is 11.8. The van der Waals surface area contributed by atoms with Crippen LogP contribution in [-0.4, -0.2) is 68.9 Å². The van der Waals surface area contributed by atoms with Crippen molar-refractivity contribution in [2.24, 2.45) is 0 Å². The Kier molecular flexibility index (Phi) is 7.80. The zero-order valence-electron chi connectivity index (χ0n) is 21.0.